The molecule has 0 bridgehead atoms. The number of benzene rings is 2. The number of amides is 2. The minimum atomic E-state index is -0.234. The highest BCUT2D eigenvalue weighted by Crippen LogP contribution is 2.28. The number of nitrogens with one attached hydrogen (secondary N) is 2. The molecule has 0 saturated heterocycles. The van der Waals surface area contributed by atoms with E-state index in [0.29, 0.717) is 16.4 Å². The first-order valence-electron chi connectivity index (χ1n) is 10.1. The molecule has 1 heterocycles. The van der Waals surface area contributed by atoms with Gasteiger partial charge in [-0.05, 0) is 61.1 Å². The standard InChI is InChI=1S/C23H23N3O3S/c1-14(27)24-18-8-9-19-21(13-18)30-23(25-19)26-22(29)11-10-20(28)17-7-6-15-4-2-3-5-16(15)12-17/h6-9,12-13H,2-5,10-11H2,1H3,(H,24,27)(H,25,26,29). The van der Waals surface area contributed by atoms with Crippen molar-refractivity contribution in [2.24, 2.45) is 0 Å². The van der Waals surface area contributed by atoms with Crippen molar-refractivity contribution in [3.05, 3.63) is 53.1 Å². The normalized spacial score (nSPS) is 13.0. The van der Waals surface area contributed by atoms with Crippen LogP contribution in [0.5, 0.6) is 0 Å². The van der Waals surface area contributed by atoms with E-state index >= 15 is 0 Å². The number of hydrogen-bond donors (Lipinski definition) is 2. The number of anilines is 2. The highest BCUT2D eigenvalue weighted by Gasteiger charge is 2.15. The van der Waals surface area contributed by atoms with Crippen LogP contribution >= 0.6 is 11.3 Å². The number of rotatable bonds is 6. The summed E-state index contributed by atoms with van der Waals surface area (Å²) in [7, 11) is 0. The summed E-state index contributed by atoms with van der Waals surface area (Å²) < 4.78 is 0.863. The number of aryl methyl sites for hydroxylation is 2. The lowest BCUT2D eigenvalue weighted by Gasteiger charge is -2.16. The molecule has 6 nitrogen and oxygen atoms in total. The number of hydrogen-bond acceptors (Lipinski definition) is 5. The molecule has 0 radical (unpaired) electrons. The molecule has 0 saturated carbocycles. The highest BCUT2D eigenvalue weighted by molar-refractivity contribution is 7.22. The van der Waals surface area contributed by atoms with E-state index < -0.39 is 0 Å². The molecule has 7 heteroatoms. The van der Waals surface area contributed by atoms with Crippen molar-refractivity contribution in [3.63, 3.8) is 0 Å². The lowest BCUT2D eigenvalue weighted by atomic mass is 9.89. The first kappa shape index (κ1) is 20.2. The van der Waals surface area contributed by atoms with Gasteiger partial charge in [-0.15, -0.1) is 0 Å². The predicted molar refractivity (Wildman–Crippen MR) is 119 cm³/mol. The Hall–Kier alpha value is -3.06. The van der Waals surface area contributed by atoms with Crippen LogP contribution in [-0.4, -0.2) is 22.6 Å². The molecule has 0 fully saturated rings. The van der Waals surface area contributed by atoms with Gasteiger partial charge in [-0.25, -0.2) is 4.98 Å². The number of fused-ring (bicyclic) bond motifs is 2. The second-order valence-electron chi connectivity index (χ2n) is 7.54. The van der Waals surface area contributed by atoms with Crippen LogP contribution in [-0.2, 0) is 22.4 Å². The summed E-state index contributed by atoms with van der Waals surface area (Å²) in [6.07, 6.45) is 4.77. The van der Waals surface area contributed by atoms with Crippen LogP contribution < -0.4 is 10.6 Å². The maximum Gasteiger partial charge on any atom is 0.226 e. The summed E-state index contributed by atoms with van der Waals surface area (Å²) in [5.41, 5.74) is 4.73. The van der Waals surface area contributed by atoms with E-state index in [2.05, 4.69) is 21.7 Å². The van der Waals surface area contributed by atoms with Crippen molar-refractivity contribution < 1.29 is 14.4 Å². The monoisotopic (exact) mass is 421 g/mol. The van der Waals surface area contributed by atoms with Crippen molar-refractivity contribution in [3.8, 4) is 0 Å². The van der Waals surface area contributed by atoms with Crippen LogP contribution in [0.4, 0.5) is 10.8 Å². The maximum absolute atomic E-state index is 12.5. The first-order valence-corrected chi connectivity index (χ1v) is 10.9. The third kappa shape index (κ3) is 4.74. The largest absolute Gasteiger partial charge is 0.326 e. The van der Waals surface area contributed by atoms with Gasteiger partial charge in [0.1, 0.15) is 0 Å². The Morgan fingerprint density at radius 2 is 1.77 bits per heavy atom. The van der Waals surface area contributed by atoms with E-state index in [1.54, 1.807) is 12.1 Å². The number of ketones is 1. The summed E-state index contributed by atoms with van der Waals surface area (Å²) in [6.45, 7) is 1.45. The number of aromatic nitrogens is 1. The van der Waals surface area contributed by atoms with Gasteiger partial charge in [0.05, 0.1) is 10.2 Å². The van der Waals surface area contributed by atoms with Gasteiger partial charge in [-0.2, -0.15) is 0 Å². The smallest absolute Gasteiger partial charge is 0.226 e. The molecule has 154 valence electrons. The number of carbonyl (C=O) groups is 3. The molecule has 1 aliphatic rings. The topological polar surface area (TPSA) is 88.2 Å². The zero-order chi connectivity index (χ0) is 21.1. The Balaban J connectivity index is 1.35. The third-order valence-corrected chi connectivity index (χ3v) is 6.14. The lowest BCUT2D eigenvalue weighted by molar-refractivity contribution is -0.116. The van der Waals surface area contributed by atoms with Crippen molar-refractivity contribution in [1.82, 2.24) is 4.98 Å². The summed E-state index contributed by atoms with van der Waals surface area (Å²) in [5.74, 6) is -0.388. The molecule has 2 aromatic carbocycles. The number of nitrogens with zero attached hydrogens (tertiary/aromatic N) is 1. The summed E-state index contributed by atoms with van der Waals surface area (Å²) in [5, 5.41) is 5.99. The van der Waals surface area contributed by atoms with Gasteiger partial charge in [0.15, 0.2) is 10.9 Å². The zero-order valence-electron chi connectivity index (χ0n) is 16.8. The molecule has 4 rings (SSSR count). The number of carbonyl (C=O) groups excluding carboxylic acids is 3. The Morgan fingerprint density at radius 1 is 0.967 bits per heavy atom. The van der Waals surface area contributed by atoms with E-state index in [1.807, 2.05) is 18.2 Å². The van der Waals surface area contributed by atoms with E-state index in [1.165, 1.54) is 42.2 Å². The van der Waals surface area contributed by atoms with Crippen molar-refractivity contribution in [1.29, 1.82) is 0 Å². The van der Waals surface area contributed by atoms with E-state index in [4.69, 9.17) is 0 Å². The van der Waals surface area contributed by atoms with Crippen LogP contribution in [0.1, 0.15) is 54.1 Å². The van der Waals surface area contributed by atoms with Crippen LogP contribution in [0, 0.1) is 0 Å². The highest BCUT2D eigenvalue weighted by atomic mass is 32.1. The molecule has 0 spiro atoms. The molecule has 30 heavy (non-hydrogen) atoms. The van der Waals surface area contributed by atoms with Crippen LogP contribution in [0.25, 0.3) is 10.2 Å². The van der Waals surface area contributed by atoms with Crippen molar-refractivity contribution in [2.75, 3.05) is 10.6 Å². The van der Waals surface area contributed by atoms with Gasteiger partial charge < -0.3 is 10.6 Å². The second-order valence-corrected chi connectivity index (χ2v) is 8.58. The molecular formula is C23H23N3O3S. The molecule has 0 aliphatic heterocycles. The van der Waals surface area contributed by atoms with Gasteiger partial charge >= 0.3 is 0 Å². The summed E-state index contributed by atoms with van der Waals surface area (Å²) in [6, 6.07) is 11.3. The average molecular weight is 422 g/mol. The van der Waals surface area contributed by atoms with Gasteiger partial charge in [0, 0.05) is 31.0 Å². The van der Waals surface area contributed by atoms with Gasteiger partial charge in [-0.3, -0.25) is 14.4 Å². The molecule has 2 N–H and O–H groups in total. The zero-order valence-corrected chi connectivity index (χ0v) is 17.6. The molecule has 1 aliphatic carbocycles. The minimum Gasteiger partial charge on any atom is -0.326 e. The lowest BCUT2D eigenvalue weighted by Crippen LogP contribution is -2.13. The SMILES string of the molecule is CC(=O)Nc1ccc2nc(NC(=O)CCC(=O)c3ccc4c(c3)CCCC4)sc2c1. The third-order valence-electron chi connectivity index (χ3n) is 5.20. The molecule has 3 aromatic rings. The molecular weight excluding hydrogens is 398 g/mol. The Morgan fingerprint density at radius 3 is 2.57 bits per heavy atom. The average Bonchev–Trinajstić information content (AvgIpc) is 3.12. The minimum absolute atomic E-state index is 0.0113. The Labute approximate surface area is 178 Å². The summed E-state index contributed by atoms with van der Waals surface area (Å²) in [4.78, 5) is 40.4. The quantitative estimate of drug-likeness (QED) is 0.563. The van der Waals surface area contributed by atoms with Gasteiger partial charge in [0.2, 0.25) is 11.8 Å². The van der Waals surface area contributed by atoms with Gasteiger partial charge in [-0.1, -0.05) is 23.5 Å². The van der Waals surface area contributed by atoms with E-state index in [-0.39, 0.29) is 30.4 Å². The first-order chi connectivity index (χ1) is 14.5. The summed E-state index contributed by atoms with van der Waals surface area (Å²) >= 11 is 1.33. The van der Waals surface area contributed by atoms with Gasteiger partial charge in [0.25, 0.3) is 0 Å². The number of thiazole rings is 1. The van der Waals surface area contributed by atoms with Crippen LogP contribution in [0.2, 0.25) is 0 Å². The maximum atomic E-state index is 12.5. The molecule has 2 amide bonds. The van der Waals surface area contributed by atoms with E-state index in [0.717, 1.165) is 23.1 Å². The second kappa shape index (κ2) is 8.75. The van der Waals surface area contributed by atoms with Crippen LogP contribution in [0.3, 0.4) is 0 Å². The Kier molecular flexibility index (Phi) is 5.90. The van der Waals surface area contributed by atoms with Crippen molar-refractivity contribution in [2.45, 2.75) is 45.4 Å². The van der Waals surface area contributed by atoms with Crippen LogP contribution in [0.15, 0.2) is 36.4 Å². The van der Waals surface area contributed by atoms with E-state index in [9.17, 15) is 14.4 Å². The molecule has 0 unspecified atom stereocenters. The fourth-order valence-corrected chi connectivity index (χ4v) is 4.64. The molecule has 1 aromatic heterocycles. The fraction of sp³-hybridized carbons (Fsp3) is 0.304. The van der Waals surface area contributed by atoms with Crippen molar-refractivity contribution >= 4 is 50.0 Å². The Bertz CT molecular complexity index is 1140. The molecule has 0 atom stereocenters. The fourth-order valence-electron chi connectivity index (χ4n) is 3.72. The predicted octanol–water partition coefficient (Wildman–Crippen LogP) is 4.74. The number of Topliss-reactive ketones (excluding diaryl/α,β-unsaturated/α-hetero) is 1.